The van der Waals surface area contributed by atoms with Crippen LogP contribution in [0.2, 0.25) is 0 Å². The molecule has 1 N–H and O–H groups in total. The minimum atomic E-state index is -4.58. The van der Waals surface area contributed by atoms with Gasteiger partial charge in [-0.3, -0.25) is 14.3 Å². The van der Waals surface area contributed by atoms with Gasteiger partial charge in [0.25, 0.3) is 5.56 Å². The van der Waals surface area contributed by atoms with Crippen molar-refractivity contribution in [1.29, 1.82) is 0 Å². The third kappa shape index (κ3) is 2.09. The standard InChI is InChI=1S/C17H10F3N3O/c18-17(19,20)11-5-7-21-9-14(11)23-8-6-13-15(16(23)24)10-3-1-2-4-12(10)22-13/h1-9,22H. The number of aromatic nitrogens is 3. The fourth-order valence-corrected chi connectivity index (χ4v) is 2.86. The van der Waals surface area contributed by atoms with E-state index in [-0.39, 0.29) is 5.69 Å². The summed E-state index contributed by atoms with van der Waals surface area (Å²) in [6.45, 7) is 0. The van der Waals surface area contributed by atoms with Crippen molar-refractivity contribution in [3.63, 3.8) is 0 Å². The molecule has 24 heavy (non-hydrogen) atoms. The lowest BCUT2D eigenvalue weighted by Gasteiger charge is -2.13. The Morgan fingerprint density at radius 3 is 2.62 bits per heavy atom. The van der Waals surface area contributed by atoms with Crippen molar-refractivity contribution in [3.05, 3.63) is 70.9 Å². The predicted molar refractivity (Wildman–Crippen MR) is 84.2 cm³/mol. The molecule has 0 radical (unpaired) electrons. The van der Waals surface area contributed by atoms with E-state index >= 15 is 0 Å². The number of alkyl halides is 3. The van der Waals surface area contributed by atoms with E-state index in [9.17, 15) is 18.0 Å². The molecular formula is C17H10F3N3O. The van der Waals surface area contributed by atoms with Crippen LogP contribution in [-0.4, -0.2) is 14.5 Å². The van der Waals surface area contributed by atoms with Crippen LogP contribution in [0.1, 0.15) is 5.56 Å². The second-order valence-electron chi connectivity index (χ2n) is 5.34. The minimum absolute atomic E-state index is 0.290. The summed E-state index contributed by atoms with van der Waals surface area (Å²) in [6.07, 6.45) is -1.15. The maximum atomic E-state index is 13.2. The predicted octanol–water partition coefficient (Wildman–Crippen LogP) is 3.89. The first kappa shape index (κ1) is 14.5. The van der Waals surface area contributed by atoms with Crippen LogP contribution in [0.15, 0.2) is 59.8 Å². The molecule has 0 saturated heterocycles. The van der Waals surface area contributed by atoms with Crippen LogP contribution in [0.25, 0.3) is 27.5 Å². The molecule has 4 aromatic rings. The number of fused-ring (bicyclic) bond motifs is 3. The molecule has 3 heterocycles. The van der Waals surface area contributed by atoms with Crippen LogP contribution in [-0.2, 0) is 6.18 Å². The van der Waals surface area contributed by atoms with E-state index in [0.717, 1.165) is 28.5 Å². The summed E-state index contributed by atoms with van der Waals surface area (Å²) in [7, 11) is 0. The Morgan fingerprint density at radius 2 is 1.83 bits per heavy atom. The Bertz CT molecular complexity index is 1130. The largest absolute Gasteiger partial charge is 0.418 e. The molecule has 3 aromatic heterocycles. The molecule has 0 saturated carbocycles. The molecule has 0 aliphatic carbocycles. The van der Waals surface area contributed by atoms with Crippen molar-refractivity contribution in [2.75, 3.05) is 0 Å². The van der Waals surface area contributed by atoms with Crippen LogP contribution in [0.5, 0.6) is 0 Å². The summed E-state index contributed by atoms with van der Waals surface area (Å²) in [4.78, 5) is 19.7. The van der Waals surface area contributed by atoms with E-state index in [0.29, 0.717) is 16.3 Å². The summed E-state index contributed by atoms with van der Waals surface area (Å²) < 4.78 is 40.7. The number of H-pyrrole nitrogens is 1. The molecule has 7 heteroatoms. The lowest BCUT2D eigenvalue weighted by Crippen LogP contribution is -2.21. The van der Waals surface area contributed by atoms with Gasteiger partial charge < -0.3 is 4.98 Å². The van der Waals surface area contributed by atoms with Crippen molar-refractivity contribution in [3.8, 4) is 5.69 Å². The van der Waals surface area contributed by atoms with E-state index in [1.54, 1.807) is 18.2 Å². The van der Waals surface area contributed by atoms with Gasteiger partial charge in [0.05, 0.1) is 28.4 Å². The van der Waals surface area contributed by atoms with Crippen LogP contribution in [0.4, 0.5) is 13.2 Å². The van der Waals surface area contributed by atoms with Gasteiger partial charge in [-0.05, 0) is 18.2 Å². The molecule has 0 fully saturated rings. The summed E-state index contributed by atoms with van der Waals surface area (Å²) in [5.41, 5.74) is -0.385. The topological polar surface area (TPSA) is 50.7 Å². The Labute approximate surface area is 133 Å². The molecule has 0 aliphatic rings. The number of hydrogen-bond acceptors (Lipinski definition) is 2. The highest BCUT2D eigenvalue weighted by molar-refractivity contribution is 6.06. The molecule has 4 nitrogen and oxygen atoms in total. The van der Waals surface area contributed by atoms with Gasteiger partial charge >= 0.3 is 6.18 Å². The van der Waals surface area contributed by atoms with Crippen LogP contribution in [0, 0.1) is 0 Å². The Balaban J connectivity index is 2.08. The van der Waals surface area contributed by atoms with Gasteiger partial charge in [0.15, 0.2) is 0 Å². The van der Waals surface area contributed by atoms with E-state index in [1.165, 1.54) is 6.20 Å². The first-order chi connectivity index (χ1) is 11.5. The molecule has 4 rings (SSSR count). The van der Waals surface area contributed by atoms with E-state index < -0.39 is 17.3 Å². The van der Waals surface area contributed by atoms with E-state index in [4.69, 9.17) is 0 Å². The average Bonchev–Trinajstić information content (AvgIpc) is 2.94. The number of para-hydroxylation sites is 1. The molecule has 0 aliphatic heterocycles. The second-order valence-corrected chi connectivity index (χ2v) is 5.34. The molecule has 1 aromatic carbocycles. The Morgan fingerprint density at radius 1 is 1.04 bits per heavy atom. The lowest BCUT2D eigenvalue weighted by atomic mass is 10.1. The number of hydrogen-bond donors (Lipinski definition) is 1. The highest BCUT2D eigenvalue weighted by Crippen LogP contribution is 2.33. The van der Waals surface area contributed by atoms with Gasteiger partial charge in [0.1, 0.15) is 0 Å². The highest BCUT2D eigenvalue weighted by atomic mass is 19.4. The maximum Gasteiger partial charge on any atom is 0.418 e. The third-order valence-electron chi connectivity index (χ3n) is 3.92. The summed E-state index contributed by atoms with van der Waals surface area (Å²) in [5, 5.41) is 1.02. The van der Waals surface area contributed by atoms with Crippen molar-refractivity contribution in [1.82, 2.24) is 14.5 Å². The number of halogens is 3. The SMILES string of the molecule is O=c1c2c(ccn1-c1cnccc1C(F)(F)F)[nH]c1ccccc12. The van der Waals surface area contributed by atoms with Crippen LogP contribution < -0.4 is 5.56 Å². The molecule has 0 amide bonds. The average molecular weight is 329 g/mol. The first-order valence-electron chi connectivity index (χ1n) is 7.10. The quantitative estimate of drug-likeness (QED) is 0.576. The number of benzene rings is 1. The van der Waals surface area contributed by atoms with Gasteiger partial charge in [-0.25, -0.2) is 0 Å². The fraction of sp³-hybridized carbons (Fsp3) is 0.0588. The molecule has 0 unspecified atom stereocenters. The number of aromatic amines is 1. The first-order valence-corrected chi connectivity index (χ1v) is 7.10. The van der Waals surface area contributed by atoms with Crippen molar-refractivity contribution in [2.45, 2.75) is 6.18 Å². The second kappa shape index (κ2) is 4.95. The van der Waals surface area contributed by atoms with Crippen LogP contribution in [0.3, 0.4) is 0 Å². The number of rotatable bonds is 1. The number of pyridine rings is 2. The van der Waals surface area contributed by atoms with Crippen molar-refractivity contribution in [2.24, 2.45) is 0 Å². The Kier molecular flexibility index (Phi) is 2.99. The lowest BCUT2D eigenvalue weighted by molar-refractivity contribution is -0.137. The van der Waals surface area contributed by atoms with Gasteiger partial charge in [-0.15, -0.1) is 0 Å². The summed E-state index contributed by atoms with van der Waals surface area (Å²) >= 11 is 0. The van der Waals surface area contributed by atoms with Gasteiger partial charge in [0, 0.05) is 23.3 Å². The monoisotopic (exact) mass is 329 g/mol. The third-order valence-corrected chi connectivity index (χ3v) is 3.92. The van der Waals surface area contributed by atoms with Gasteiger partial charge in [-0.2, -0.15) is 13.2 Å². The van der Waals surface area contributed by atoms with Gasteiger partial charge in [-0.1, -0.05) is 18.2 Å². The normalized spacial score (nSPS) is 12.1. The minimum Gasteiger partial charge on any atom is -0.354 e. The van der Waals surface area contributed by atoms with Crippen molar-refractivity contribution >= 4 is 21.8 Å². The van der Waals surface area contributed by atoms with Crippen molar-refractivity contribution < 1.29 is 13.2 Å². The number of nitrogens with zero attached hydrogens (tertiary/aromatic N) is 2. The Hall–Kier alpha value is -3.09. The molecule has 0 atom stereocenters. The number of nitrogens with one attached hydrogen (secondary N) is 1. The molecule has 0 spiro atoms. The fourth-order valence-electron chi connectivity index (χ4n) is 2.86. The zero-order valence-electron chi connectivity index (χ0n) is 12.1. The van der Waals surface area contributed by atoms with Gasteiger partial charge in [0.2, 0.25) is 0 Å². The summed E-state index contributed by atoms with van der Waals surface area (Å²) in [5.74, 6) is 0. The molecule has 120 valence electrons. The van der Waals surface area contributed by atoms with E-state index in [1.807, 2.05) is 12.1 Å². The van der Waals surface area contributed by atoms with Crippen LogP contribution >= 0.6 is 0 Å². The van der Waals surface area contributed by atoms with E-state index in [2.05, 4.69) is 9.97 Å². The zero-order chi connectivity index (χ0) is 16.9. The molecular weight excluding hydrogens is 319 g/mol. The molecule has 0 bridgehead atoms. The highest BCUT2D eigenvalue weighted by Gasteiger charge is 2.34. The smallest absolute Gasteiger partial charge is 0.354 e. The summed E-state index contributed by atoms with van der Waals surface area (Å²) in [6, 6.07) is 9.61. The zero-order valence-corrected chi connectivity index (χ0v) is 12.1. The maximum absolute atomic E-state index is 13.2.